The highest BCUT2D eigenvalue weighted by Crippen LogP contribution is 2.34. The number of rotatable bonds is 5. The first-order valence-corrected chi connectivity index (χ1v) is 7.50. The first kappa shape index (κ1) is 13.7. The largest absolute Gasteiger partial charge is 0.454 e. The lowest BCUT2D eigenvalue weighted by atomic mass is 10.1. The van der Waals surface area contributed by atoms with E-state index in [1.807, 2.05) is 18.2 Å². The molecule has 0 bridgehead atoms. The van der Waals surface area contributed by atoms with Crippen LogP contribution in [0.15, 0.2) is 18.2 Å². The molecule has 110 valence electrons. The molecule has 1 aliphatic heterocycles. The van der Waals surface area contributed by atoms with Crippen LogP contribution in [0.25, 0.3) is 0 Å². The number of ether oxygens (including phenoxy) is 2. The Kier molecular flexibility index (Phi) is 4.13. The highest BCUT2D eigenvalue weighted by Gasteiger charge is 2.21. The summed E-state index contributed by atoms with van der Waals surface area (Å²) in [6.07, 6.45) is 3.47. The van der Waals surface area contributed by atoms with Gasteiger partial charge < -0.3 is 19.9 Å². The molecule has 1 saturated carbocycles. The minimum Gasteiger partial charge on any atom is -0.454 e. The molecule has 1 heterocycles. The van der Waals surface area contributed by atoms with E-state index < -0.39 is 6.10 Å². The fraction of sp³-hybridized carbons (Fsp3) is 0.625. The zero-order valence-electron chi connectivity index (χ0n) is 12.0. The van der Waals surface area contributed by atoms with Gasteiger partial charge in [-0.3, -0.25) is 0 Å². The van der Waals surface area contributed by atoms with E-state index in [2.05, 4.69) is 12.2 Å². The van der Waals surface area contributed by atoms with Crippen molar-refractivity contribution in [2.75, 3.05) is 19.9 Å². The van der Waals surface area contributed by atoms with Crippen molar-refractivity contribution in [1.29, 1.82) is 0 Å². The van der Waals surface area contributed by atoms with Crippen molar-refractivity contribution < 1.29 is 14.6 Å². The van der Waals surface area contributed by atoms with Crippen LogP contribution >= 0.6 is 0 Å². The summed E-state index contributed by atoms with van der Waals surface area (Å²) < 4.78 is 10.6. The van der Waals surface area contributed by atoms with Gasteiger partial charge in [-0.25, -0.2) is 0 Å². The molecule has 1 aromatic rings. The predicted octanol–water partition coefficient (Wildman–Crippen LogP) is 2.47. The number of hydrogen-bond donors (Lipinski definition) is 2. The SMILES string of the molecule is CC1CCC(CNCC(O)c2ccc3c(c2)OCO3)C1. The third-order valence-corrected chi connectivity index (χ3v) is 4.36. The summed E-state index contributed by atoms with van der Waals surface area (Å²) in [5.41, 5.74) is 0.876. The Morgan fingerprint density at radius 1 is 1.30 bits per heavy atom. The van der Waals surface area contributed by atoms with Crippen molar-refractivity contribution in [2.24, 2.45) is 11.8 Å². The molecule has 20 heavy (non-hydrogen) atoms. The van der Waals surface area contributed by atoms with Gasteiger partial charge in [-0.15, -0.1) is 0 Å². The van der Waals surface area contributed by atoms with Crippen LogP contribution in [0.4, 0.5) is 0 Å². The van der Waals surface area contributed by atoms with Crippen LogP contribution in [0.2, 0.25) is 0 Å². The van der Waals surface area contributed by atoms with Crippen molar-refractivity contribution in [2.45, 2.75) is 32.3 Å². The number of benzene rings is 1. The molecule has 2 aliphatic rings. The minimum absolute atomic E-state index is 0.271. The molecule has 1 aromatic carbocycles. The fourth-order valence-electron chi connectivity index (χ4n) is 3.17. The van der Waals surface area contributed by atoms with Crippen LogP contribution < -0.4 is 14.8 Å². The van der Waals surface area contributed by atoms with E-state index in [0.717, 1.165) is 35.4 Å². The summed E-state index contributed by atoms with van der Waals surface area (Å²) >= 11 is 0. The maximum absolute atomic E-state index is 10.2. The Morgan fingerprint density at radius 3 is 2.95 bits per heavy atom. The third-order valence-electron chi connectivity index (χ3n) is 4.36. The Balaban J connectivity index is 1.48. The lowest BCUT2D eigenvalue weighted by molar-refractivity contribution is 0.169. The van der Waals surface area contributed by atoms with Gasteiger partial charge in [-0.1, -0.05) is 19.4 Å². The summed E-state index contributed by atoms with van der Waals surface area (Å²) in [4.78, 5) is 0. The first-order valence-electron chi connectivity index (χ1n) is 7.50. The zero-order valence-corrected chi connectivity index (χ0v) is 12.0. The average molecular weight is 277 g/mol. The number of nitrogens with one attached hydrogen (secondary N) is 1. The molecule has 3 rings (SSSR count). The number of fused-ring (bicyclic) bond motifs is 1. The molecule has 0 amide bonds. The molecule has 0 spiro atoms. The van der Waals surface area contributed by atoms with Gasteiger partial charge in [0.15, 0.2) is 11.5 Å². The second kappa shape index (κ2) is 6.02. The van der Waals surface area contributed by atoms with Crippen molar-refractivity contribution in [3.8, 4) is 11.5 Å². The van der Waals surface area contributed by atoms with Gasteiger partial charge in [0, 0.05) is 6.54 Å². The molecule has 0 radical (unpaired) electrons. The number of hydrogen-bond acceptors (Lipinski definition) is 4. The van der Waals surface area contributed by atoms with Crippen molar-refractivity contribution in [3.05, 3.63) is 23.8 Å². The summed E-state index contributed by atoms with van der Waals surface area (Å²) in [5, 5.41) is 13.6. The van der Waals surface area contributed by atoms with E-state index in [9.17, 15) is 5.11 Å². The Bertz CT molecular complexity index is 463. The molecule has 0 aromatic heterocycles. The molecule has 3 unspecified atom stereocenters. The van der Waals surface area contributed by atoms with Gasteiger partial charge in [0.05, 0.1) is 6.10 Å². The molecule has 1 fully saturated rings. The molecule has 1 aliphatic carbocycles. The normalized spacial score (nSPS) is 25.9. The average Bonchev–Trinajstić information content (AvgIpc) is 3.06. The number of aliphatic hydroxyl groups is 1. The molecule has 4 nitrogen and oxygen atoms in total. The molecule has 2 N–H and O–H groups in total. The summed E-state index contributed by atoms with van der Waals surface area (Å²) in [6, 6.07) is 5.63. The Hall–Kier alpha value is -1.26. The van der Waals surface area contributed by atoms with Gasteiger partial charge >= 0.3 is 0 Å². The van der Waals surface area contributed by atoms with Gasteiger partial charge in [-0.2, -0.15) is 0 Å². The molecule has 3 atom stereocenters. The van der Waals surface area contributed by atoms with Crippen LogP contribution in [0.3, 0.4) is 0 Å². The lowest BCUT2D eigenvalue weighted by Gasteiger charge is -2.15. The van der Waals surface area contributed by atoms with E-state index in [1.54, 1.807) is 0 Å². The van der Waals surface area contributed by atoms with Gasteiger partial charge in [-0.05, 0) is 48.9 Å². The van der Waals surface area contributed by atoms with Crippen LogP contribution in [-0.4, -0.2) is 25.0 Å². The summed E-state index contributed by atoms with van der Waals surface area (Å²) in [7, 11) is 0. The smallest absolute Gasteiger partial charge is 0.231 e. The predicted molar refractivity (Wildman–Crippen MR) is 76.9 cm³/mol. The van der Waals surface area contributed by atoms with Crippen molar-refractivity contribution in [1.82, 2.24) is 5.32 Å². The summed E-state index contributed by atoms with van der Waals surface area (Å²) in [6.45, 7) is 4.19. The van der Waals surface area contributed by atoms with Gasteiger partial charge in [0.1, 0.15) is 0 Å². The molecular weight excluding hydrogens is 254 g/mol. The number of aliphatic hydroxyl groups excluding tert-OH is 1. The minimum atomic E-state index is -0.497. The first-order chi connectivity index (χ1) is 9.72. The third kappa shape index (κ3) is 3.07. The van der Waals surface area contributed by atoms with E-state index >= 15 is 0 Å². The second-order valence-electron chi connectivity index (χ2n) is 6.07. The van der Waals surface area contributed by atoms with E-state index in [4.69, 9.17) is 9.47 Å². The Morgan fingerprint density at radius 2 is 2.15 bits per heavy atom. The van der Waals surface area contributed by atoms with Crippen LogP contribution in [0, 0.1) is 11.8 Å². The van der Waals surface area contributed by atoms with E-state index in [1.165, 1.54) is 19.3 Å². The zero-order chi connectivity index (χ0) is 13.9. The molecular formula is C16H23NO3. The monoisotopic (exact) mass is 277 g/mol. The van der Waals surface area contributed by atoms with E-state index in [-0.39, 0.29) is 6.79 Å². The molecule has 0 saturated heterocycles. The van der Waals surface area contributed by atoms with E-state index in [0.29, 0.717) is 6.54 Å². The highest BCUT2D eigenvalue weighted by atomic mass is 16.7. The van der Waals surface area contributed by atoms with Crippen LogP contribution in [-0.2, 0) is 0 Å². The van der Waals surface area contributed by atoms with Crippen LogP contribution in [0.1, 0.15) is 37.9 Å². The topological polar surface area (TPSA) is 50.7 Å². The fourth-order valence-corrected chi connectivity index (χ4v) is 3.17. The quantitative estimate of drug-likeness (QED) is 0.868. The second-order valence-corrected chi connectivity index (χ2v) is 6.07. The van der Waals surface area contributed by atoms with Crippen molar-refractivity contribution in [3.63, 3.8) is 0 Å². The van der Waals surface area contributed by atoms with Crippen LogP contribution in [0.5, 0.6) is 11.5 Å². The van der Waals surface area contributed by atoms with Gasteiger partial charge in [0.25, 0.3) is 0 Å². The summed E-state index contributed by atoms with van der Waals surface area (Å²) in [5.74, 6) is 3.12. The Labute approximate surface area is 120 Å². The standard InChI is InChI=1S/C16H23NO3/c1-11-2-3-12(6-11)8-17-9-14(18)13-4-5-15-16(7-13)20-10-19-15/h4-5,7,11-12,14,17-18H,2-3,6,8-10H2,1H3. The maximum Gasteiger partial charge on any atom is 0.231 e. The van der Waals surface area contributed by atoms with Crippen molar-refractivity contribution >= 4 is 0 Å². The highest BCUT2D eigenvalue weighted by molar-refractivity contribution is 5.45. The lowest BCUT2D eigenvalue weighted by Crippen LogP contribution is -2.26. The molecule has 4 heteroatoms. The van der Waals surface area contributed by atoms with Gasteiger partial charge in [0.2, 0.25) is 6.79 Å². The maximum atomic E-state index is 10.2.